The molecule has 1 heteroatoms. The van der Waals surface area contributed by atoms with Crippen molar-refractivity contribution < 1.29 is 0 Å². The highest BCUT2D eigenvalue weighted by Gasteiger charge is 2.18. The summed E-state index contributed by atoms with van der Waals surface area (Å²) in [6, 6.07) is 19.1. The lowest BCUT2D eigenvalue weighted by Crippen LogP contribution is -2.16. The second-order valence-corrected chi connectivity index (χ2v) is 5.80. The highest BCUT2D eigenvalue weighted by Crippen LogP contribution is 2.33. The minimum absolute atomic E-state index is 0.0858. The van der Waals surface area contributed by atoms with Crippen molar-refractivity contribution in [1.29, 1.82) is 0 Å². The largest absolute Gasteiger partial charge is 0.320 e. The Kier molecular flexibility index (Phi) is 3.52. The lowest BCUT2D eigenvalue weighted by molar-refractivity contribution is 0.852. The maximum Gasteiger partial charge on any atom is 0.0565 e. The third-order valence-electron chi connectivity index (χ3n) is 4.35. The van der Waals surface area contributed by atoms with Gasteiger partial charge in [-0.3, -0.25) is 0 Å². The molecule has 2 N–H and O–H groups in total. The first-order valence-corrected chi connectivity index (χ1v) is 7.39. The number of hydrogen-bond donors (Lipinski definition) is 1. The number of benzene rings is 3. The maximum atomic E-state index is 6.68. The summed E-state index contributed by atoms with van der Waals surface area (Å²) in [6.45, 7) is 6.43. The van der Waals surface area contributed by atoms with Gasteiger partial charge in [0.2, 0.25) is 0 Å². The van der Waals surface area contributed by atoms with Gasteiger partial charge in [0.15, 0.2) is 0 Å². The van der Waals surface area contributed by atoms with E-state index in [0.29, 0.717) is 0 Å². The molecular formula is C20H21N. The molecule has 0 fully saturated rings. The fourth-order valence-corrected chi connectivity index (χ4v) is 3.28. The van der Waals surface area contributed by atoms with Crippen molar-refractivity contribution in [2.24, 2.45) is 5.73 Å². The van der Waals surface area contributed by atoms with Crippen LogP contribution in [0.3, 0.4) is 0 Å². The van der Waals surface area contributed by atoms with E-state index in [9.17, 15) is 0 Å². The Morgan fingerprint density at radius 2 is 1.29 bits per heavy atom. The summed E-state index contributed by atoms with van der Waals surface area (Å²) in [5.74, 6) is 0. The first-order chi connectivity index (χ1) is 10.1. The van der Waals surface area contributed by atoms with Crippen LogP contribution < -0.4 is 5.73 Å². The van der Waals surface area contributed by atoms with Crippen molar-refractivity contribution in [1.82, 2.24) is 0 Å². The second-order valence-electron chi connectivity index (χ2n) is 5.80. The van der Waals surface area contributed by atoms with Gasteiger partial charge in [-0.25, -0.2) is 0 Å². The Morgan fingerprint density at radius 1 is 0.667 bits per heavy atom. The Hall–Kier alpha value is -2.12. The molecule has 0 saturated heterocycles. The number of hydrogen-bond acceptors (Lipinski definition) is 1. The van der Waals surface area contributed by atoms with E-state index in [1.807, 2.05) is 0 Å². The van der Waals surface area contributed by atoms with Crippen molar-refractivity contribution in [3.05, 3.63) is 82.4 Å². The zero-order valence-corrected chi connectivity index (χ0v) is 12.9. The third-order valence-corrected chi connectivity index (χ3v) is 4.35. The summed E-state index contributed by atoms with van der Waals surface area (Å²) in [5.41, 5.74) is 12.9. The molecule has 0 bridgehead atoms. The smallest absolute Gasteiger partial charge is 0.0565 e. The minimum Gasteiger partial charge on any atom is -0.320 e. The van der Waals surface area contributed by atoms with Crippen molar-refractivity contribution >= 4 is 10.8 Å². The third kappa shape index (κ3) is 2.34. The quantitative estimate of drug-likeness (QED) is 0.713. The Labute approximate surface area is 126 Å². The standard InChI is InChI=1S/C20H21N/c1-13-7-6-8-14(2)18(13)20(21)19-15(3)11-12-16-9-4-5-10-17(16)19/h4-12,20H,21H2,1-3H3. The van der Waals surface area contributed by atoms with Crippen LogP contribution in [0.4, 0.5) is 0 Å². The molecule has 21 heavy (non-hydrogen) atoms. The molecule has 0 aliphatic rings. The van der Waals surface area contributed by atoms with Crippen LogP contribution in [-0.2, 0) is 0 Å². The molecular weight excluding hydrogens is 254 g/mol. The average molecular weight is 275 g/mol. The van der Waals surface area contributed by atoms with Crippen LogP contribution >= 0.6 is 0 Å². The van der Waals surface area contributed by atoms with E-state index in [4.69, 9.17) is 5.73 Å². The zero-order valence-electron chi connectivity index (χ0n) is 12.9. The van der Waals surface area contributed by atoms with E-state index in [0.717, 1.165) is 0 Å². The summed E-state index contributed by atoms with van der Waals surface area (Å²) in [4.78, 5) is 0. The van der Waals surface area contributed by atoms with Gasteiger partial charge in [-0.1, -0.05) is 54.6 Å². The fraction of sp³-hybridized carbons (Fsp3) is 0.200. The van der Waals surface area contributed by atoms with Crippen LogP contribution in [0.2, 0.25) is 0 Å². The number of nitrogens with two attached hydrogens (primary N) is 1. The maximum absolute atomic E-state index is 6.68. The molecule has 0 amide bonds. The molecule has 0 radical (unpaired) electrons. The van der Waals surface area contributed by atoms with Gasteiger partial charge in [0.05, 0.1) is 6.04 Å². The molecule has 0 spiro atoms. The average Bonchev–Trinajstić information content (AvgIpc) is 2.46. The fourth-order valence-electron chi connectivity index (χ4n) is 3.28. The molecule has 0 aliphatic carbocycles. The van der Waals surface area contributed by atoms with Crippen molar-refractivity contribution in [2.75, 3.05) is 0 Å². The molecule has 0 aromatic heterocycles. The van der Waals surface area contributed by atoms with Crippen LogP contribution in [0.1, 0.15) is 33.9 Å². The minimum atomic E-state index is -0.0858. The summed E-state index contributed by atoms with van der Waals surface area (Å²) in [7, 11) is 0. The second kappa shape index (κ2) is 5.34. The molecule has 0 saturated carbocycles. The van der Waals surface area contributed by atoms with E-state index in [-0.39, 0.29) is 6.04 Å². The van der Waals surface area contributed by atoms with E-state index < -0.39 is 0 Å². The number of rotatable bonds is 2. The van der Waals surface area contributed by atoms with Crippen molar-refractivity contribution in [3.8, 4) is 0 Å². The van der Waals surface area contributed by atoms with Crippen molar-refractivity contribution in [2.45, 2.75) is 26.8 Å². The predicted molar refractivity (Wildman–Crippen MR) is 90.6 cm³/mol. The summed E-state index contributed by atoms with van der Waals surface area (Å²) >= 11 is 0. The molecule has 3 aromatic carbocycles. The van der Waals surface area contributed by atoms with Gasteiger partial charge in [-0.05, 0) is 59.4 Å². The molecule has 1 unspecified atom stereocenters. The zero-order chi connectivity index (χ0) is 15.0. The SMILES string of the molecule is Cc1cccc(C)c1C(N)c1c(C)ccc2ccccc12. The molecule has 3 rings (SSSR count). The molecule has 1 nitrogen and oxygen atoms in total. The highest BCUT2D eigenvalue weighted by atomic mass is 14.6. The first kappa shape index (κ1) is 13.8. The lowest BCUT2D eigenvalue weighted by atomic mass is 9.87. The monoisotopic (exact) mass is 275 g/mol. The van der Waals surface area contributed by atoms with E-state index in [1.165, 1.54) is 38.6 Å². The van der Waals surface area contributed by atoms with Gasteiger partial charge in [0, 0.05) is 0 Å². The highest BCUT2D eigenvalue weighted by molar-refractivity contribution is 5.87. The Bertz CT molecular complexity index is 782. The summed E-state index contributed by atoms with van der Waals surface area (Å²) in [6.07, 6.45) is 0. The molecule has 0 heterocycles. The number of aryl methyl sites for hydroxylation is 3. The van der Waals surface area contributed by atoms with Crippen LogP contribution in [0, 0.1) is 20.8 Å². The molecule has 3 aromatic rings. The first-order valence-electron chi connectivity index (χ1n) is 7.39. The van der Waals surface area contributed by atoms with E-state index in [1.54, 1.807) is 0 Å². The van der Waals surface area contributed by atoms with Crippen LogP contribution in [-0.4, -0.2) is 0 Å². The topological polar surface area (TPSA) is 26.0 Å². The number of fused-ring (bicyclic) bond motifs is 1. The lowest BCUT2D eigenvalue weighted by Gasteiger charge is -2.21. The Balaban J connectivity index is 2.27. The van der Waals surface area contributed by atoms with Crippen LogP contribution in [0.5, 0.6) is 0 Å². The molecule has 106 valence electrons. The van der Waals surface area contributed by atoms with Crippen molar-refractivity contribution in [3.63, 3.8) is 0 Å². The summed E-state index contributed by atoms with van der Waals surface area (Å²) < 4.78 is 0. The predicted octanol–water partition coefficient (Wildman–Crippen LogP) is 4.81. The molecule has 1 atom stereocenters. The van der Waals surface area contributed by atoms with E-state index in [2.05, 4.69) is 75.4 Å². The van der Waals surface area contributed by atoms with Gasteiger partial charge in [0.25, 0.3) is 0 Å². The van der Waals surface area contributed by atoms with Gasteiger partial charge in [0.1, 0.15) is 0 Å². The van der Waals surface area contributed by atoms with Gasteiger partial charge < -0.3 is 5.73 Å². The molecule has 0 aliphatic heterocycles. The van der Waals surface area contributed by atoms with Crippen LogP contribution in [0.15, 0.2) is 54.6 Å². The van der Waals surface area contributed by atoms with Gasteiger partial charge >= 0.3 is 0 Å². The van der Waals surface area contributed by atoms with Gasteiger partial charge in [-0.15, -0.1) is 0 Å². The van der Waals surface area contributed by atoms with Gasteiger partial charge in [-0.2, -0.15) is 0 Å². The Morgan fingerprint density at radius 3 is 2.00 bits per heavy atom. The van der Waals surface area contributed by atoms with Crippen LogP contribution in [0.25, 0.3) is 10.8 Å². The normalized spacial score (nSPS) is 12.6. The van der Waals surface area contributed by atoms with E-state index >= 15 is 0 Å². The summed E-state index contributed by atoms with van der Waals surface area (Å²) in [5, 5.41) is 2.51.